The van der Waals surface area contributed by atoms with E-state index in [9.17, 15) is 22.4 Å². The second kappa shape index (κ2) is 9.77. The Morgan fingerprint density at radius 3 is 2.61 bits per heavy atom. The Kier molecular flexibility index (Phi) is 7.42. The predicted octanol–water partition coefficient (Wildman–Crippen LogP) is 2.81. The smallest absolute Gasteiger partial charge is 0.416 e. The molecule has 10 heteroatoms. The van der Waals surface area contributed by atoms with E-state index in [2.05, 4.69) is 20.9 Å². The lowest BCUT2D eigenvalue weighted by Gasteiger charge is -2.14. The molecule has 152 valence electrons. The number of amides is 1. The molecule has 0 spiro atoms. The maximum absolute atomic E-state index is 13.2. The van der Waals surface area contributed by atoms with Crippen molar-refractivity contribution in [2.45, 2.75) is 26.2 Å². The number of hydrogen-bond donors (Lipinski definition) is 3. The van der Waals surface area contributed by atoms with Crippen LogP contribution < -0.4 is 16.0 Å². The van der Waals surface area contributed by atoms with Crippen molar-refractivity contribution in [2.24, 2.45) is 4.99 Å². The zero-order valence-corrected chi connectivity index (χ0v) is 15.1. The highest BCUT2D eigenvalue weighted by Crippen LogP contribution is 2.32. The maximum atomic E-state index is 13.2. The standard InChI is InChI=1S/C18H20F4N4O2/c1-2-23-17(26-11-16(27)24-10-14-4-3-7-28-14)25-9-12-5-6-13(19)8-15(12)18(20,21)22/h3-8H,2,9-11H2,1H3,(H,24,27)(H2,23,25,26). The maximum Gasteiger partial charge on any atom is 0.416 e. The van der Waals surface area contributed by atoms with Gasteiger partial charge in [-0.3, -0.25) is 4.79 Å². The number of rotatable bonds is 7. The van der Waals surface area contributed by atoms with Crippen LogP contribution in [0.5, 0.6) is 0 Å². The van der Waals surface area contributed by atoms with Crippen LogP contribution in [0.15, 0.2) is 46.0 Å². The van der Waals surface area contributed by atoms with Crippen LogP contribution in [0.1, 0.15) is 23.8 Å². The molecule has 0 atom stereocenters. The van der Waals surface area contributed by atoms with Crippen molar-refractivity contribution in [1.82, 2.24) is 16.0 Å². The Morgan fingerprint density at radius 2 is 1.96 bits per heavy atom. The molecule has 0 aliphatic heterocycles. The summed E-state index contributed by atoms with van der Waals surface area (Å²) in [5, 5.41) is 8.19. The van der Waals surface area contributed by atoms with E-state index >= 15 is 0 Å². The number of furan rings is 1. The minimum atomic E-state index is -4.69. The predicted molar refractivity (Wildman–Crippen MR) is 94.8 cm³/mol. The molecule has 0 bridgehead atoms. The third kappa shape index (κ3) is 6.60. The van der Waals surface area contributed by atoms with Gasteiger partial charge in [0.05, 0.1) is 31.5 Å². The molecule has 1 aromatic carbocycles. The van der Waals surface area contributed by atoms with Crippen LogP contribution >= 0.6 is 0 Å². The Hall–Kier alpha value is -3.04. The summed E-state index contributed by atoms with van der Waals surface area (Å²) in [6.45, 7) is 1.95. The van der Waals surface area contributed by atoms with Crippen LogP contribution in [0.3, 0.4) is 0 Å². The largest absolute Gasteiger partial charge is 0.467 e. The second-order valence-corrected chi connectivity index (χ2v) is 5.70. The monoisotopic (exact) mass is 400 g/mol. The summed E-state index contributed by atoms with van der Waals surface area (Å²) >= 11 is 0. The number of benzene rings is 1. The Bertz CT molecular complexity index is 804. The average Bonchev–Trinajstić information content (AvgIpc) is 3.16. The molecule has 6 nitrogen and oxygen atoms in total. The minimum Gasteiger partial charge on any atom is -0.467 e. The minimum absolute atomic E-state index is 0.137. The first-order valence-corrected chi connectivity index (χ1v) is 8.46. The summed E-state index contributed by atoms with van der Waals surface area (Å²) in [5.74, 6) is -0.573. The Morgan fingerprint density at radius 1 is 1.18 bits per heavy atom. The van der Waals surface area contributed by atoms with Crippen molar-refractivity contribution in [2.75, 3.05) is 13.1 Å². The fourth-order valence-electron chi connectivity index (χ4n) is 2.28. The van der Waals surface area contributed by atoms with Crippen LogP contribution in [-0.4, -0.2) is 25.0 Å². The highest BCUT2D eigenvalue weighted by atomic mass is 19.4. The van der Waals surface area contributed by atoms with E-state index in [0.29, 0.717) is 18.4 Å². The molecule has 28 heavy (non-hydrogen) atoms. The molecule has 1 amide bonds. The van der Waals surface area contributed by atoms with Gasteiger partial charge in [-0.1, -0.05) is 6.07 Å². The van der Waals surface area contributed by atoms with Gasteiger partial charge in [0, 0.05) is 6.54 Å². The zero-order chi connectivity index (χ0) is 20.6. The van der Waals surface area contributed by atoms with Gasteiger partial charge in [0.15, 0.2) is 5.96 Å². The number of carbonyl (C=O) groups is 1. The molecular formula is C18H20F4N4O2. The van der Waals surface area contributed by atoms with E-state index in [1.807, 2.05) is 0 Å². The lowest BCUT2D eigenvalue weighted by atomic mass is 10.1. The first kappa shape index (κ1) is 21.3. The number of halogens is 4. The van der Waals surface area contributed by atoms with Gasteiger partial charge in [0.1, 0.15) is 11.6 Å². The van der Waals surface area contributed by atoms with Gasteiger partial charge in [-0.05, 0) is 36.8 Å². The lowest BCUT2D eigenvalue weighted by molar-refractivity contribution is -0.138. The van der Waals surface area contributed by atoms with E-state index in [4.69, 9.17) is 4.42 Å². The number of hydrogen-bond acceptors (Lipinski definition) is 3. The summed E-state index contributed by atoms with van der Waals surface area (Å²) < 4.78 is 57.4. The molecule has 1 aromatic heterocycles. The summed E-state index contributed by atoms with van der Waals surface area (Å²) in [6, 6.07) is 5.83. The van der Waals surface area contributed by atoms with Gasteiger partial charge in [-0.2, -0.15) is 13.2 Å². The average molecular weight is 400 g/mol. The zero-order valence-electron chi connectivity index (χ0n) is 15.1. The van der Waals surface area contributed by atoms with Gasteiger partial charge in [-0.15, -0.1) is 0 Å². The van der Waals surface area contributed by atoms with E-state index in [1.165, 1.54) is 6.26 Å². The topological polar surface area (TPSA) is 78.7 Å². The highest BCUT2D eigenvalue weighted by Gasteiger charge is 2.33. The summed E-state index contributed by atoms with van der Waals surface area (Å²) in [4.78, 5) is 15.9. The van der Waals surface area contributed by atoms with Gasteiger partial charge in [0.25, 0.3) is 0 Å². The first-order valence-electron chi connectivity index (χ1n) is 8.46. The number of aliphatic imine (C=N–C) groups is 1. The molecule has 0 fully saturated rings. The second-order valence-electron chi connectivity index (χ2n) is 5.70. The van der Waals surface area contributed by atoms with Crippen LogP contribution in [0.4, 0.5) is 17.6 Å². The van der Waals surface area contributed by atoms with Gasteiger partial charge in [0.2, 0.25) is 5.91 Å². The fourth-order valence-corrected chi connectivity index (χ4v) is 2.28. The Balaban J connectivity index is 1.97. The van der Waals surface area contributed by atoms with Crippen LogP contribution in [-0.2, 0) is 24.1 Å². The van der Waals surface area contributed by atoms with Crippen molar-refractivity contribution >= 4 is 11.9 Å². The molecule has 1 heterocycles. The third-order valence-electron chi connectivity index (χ3n) is 3.59. The molecule has 3 N–H and O–H groups in total. The van der Waals surface area contributed by atoms with E-state index in [1.54, 1.807) is 19.1 Å². The molecule has 0 unspecified atom stereocenters. The fraction of sp³-hybridized carbons (Fsp3) is 0.333. The quantitative estimate of drug-likeness (QED) is 0.379. The molecule has 0 aliphatic rings. The van der Waals surface area contributed by atoms with Crippen molar-refractivity contribution in [3.63, 3.8) is 0 Å². The lowest BCUT2D eigenvalue weighted by Crippen LogP contribution is -2.43. The molecule has 0 saturated heterocycles. The molecule has 0 radical (unpaired) electrons. The van der Waals surface area contributed by atoms with Crippen LogP contribution in [0.25, 0.3) is 0 Å². The van der Waals surface area contributed by atoms with Gasteiger partial charge < -0.3 is 20.4 Å². The normalized spacial score (nSPS) is 12.0. The number of nitrogens with one attached hydrogen (secondary N) is 3. The van der Waals surface area contributed by atoms with Gasteiger partial charge >= 0.3 is 6.18 Å². The van der Waals surface area contributed by atoms with E-state index < -0.39 is 17.6 Å². The number of nitrogens with zero attached hydrogens (tertiary/aromatic N) is 1. The van der Waals surface area contributed by atoms with E-state index in [-0.39, 0.29) is 37.1 Å². The summed E-state index contributed by atoms with van der Waals surface area (Å²) in [6.07, 6.45) is -3.20. The van der Waals surface area contributed by atoms with Gasteiger partial charge in [-0.25, -0.2) is 9.38 Å². The summed E-state index contributed by atoms with van der Waals surface area (Å²) in [5.41, 5.74) is -1.25. The molecule has 0 saturated carbocycles. The number of carbonyl (C=O) groups excluding carboxylic acids is 1. The SMILES string of the molecule is CCNC(=NCc1ccc(F)cc1C(F)(F)F)NCC(=O)NCc1ccco1. The summed E-state index contributed by atoms with van der Waals surface area (Å²) in [7, 11) is 0. The Labute approximate surface area is 159 Å². The van der Waals surface area contributed by atoms with Crippen molar-refractivity contribution in [1.29, 1.82) is 0 Å². The molecule has 0 aliphatic carbocycles. The third-order valence-corrected chi connectivity index (χ3v) is 3.59. The number of guanidine groups is 1. The molecule has 2 rings (SSSR count). The highest BCUT2D eigenvalue weighted by molar-refractivity contribution is 5.86. The molecule has 2 aromatic rings. The molecular weight excluding hydrogens is 380 g/mol. The van der Waals surface area contributed by atoms with Crippen molar-refractivity contribution in [3.8, 4) is 0 Å². The number of alkyl halides is 3. The first-order chi connectivity index (χ1) is 13.3. The van der Waals surface area contributed by atoms with Crippen LogP contribution in [0, 0.1) is 5.82 Å². The van der Waals surface area contributed by atoms with E-state index in [0.717, 1.165) is 12.1 Å². The van der Waals surface area contributed by atoms with Crippen molar-refractivity contribution in [3.05, 3.63) is 59.3 Å². The van der Waals surface area contributed by atoms with Crippen LogP contribution in [0.2, 0.25) is 0 Å². The van der Waals surface area contributed by atoms with Crippen molar-refractivity contribution < 1.29 is 26.8 Å².